The Morgan fingerprint density at radius 1 is 1.00 bits per heavy atom. The first kappa shape index (κ1) is 17.4. The lowest BCUT2D eigenvalue weighted by Crippen LogP contribution is -2.24. The van der Waals surface area contributed by atoms with Crippen LogP contribution < -0.4 is 4.74 Å². The molecule has 28 heavy (non-hydrogen) atoms. The number of nitrogens with one attached hydrogen (secondary N) is 1. The third-order valence-electron chi connectivity index (χ3n) is 5.55. The van der Waals surface area contributed by atoms with Crippen molar-refractivity contribution in [1.82, 2.24) is 15.0 Å². The smallest absolute Gasteiger partial charge is 0.294 e. The van der Waals surface area contributed by atoms with E-state index in [1.54, 1.807) is 12.1 Å². The summed E-state index contributed by atoms with van der Waals surface area (Å²) >= 11 is 6.03. The van der Waals surface area contributed by atoms with Gasteiger partial charge in [0.25, 0.3) is 6.01 Å². The van der Waals surface area contributed by atoms with Crippen LogP contribution in [0.4, 0.5) is 4.39 Å². The standard InChI is InChI=1S/C22H19ClFN3O/c23-14-3-7-20-21(11-14)27-22(26-20)28-16-5-1-13(2-6-16)17-9-10-25-19-8-4-15(24)12-18(17)19/h3-4,7-13,16H,1-2,5-6H2,(H,26,27). The minimum Gasteiger partial charge on any atom is -0.461 e. The van der Waals surface area contributed by atoms with Gasteiger partial charge < -0.3 is 9.72 Å². The van der Waals surface area contributed by atoms with Gasteiger partial charge in [-0.15, -0.1) is 0 Å². The SMILES string of the molecule is Fc1ccc2nccc(C3CCC(Oc4nc5ccc(Cl)cc5[nH]4)CC3)c2c1. The quantitative estimate of drug-likeness (QED) is 0.462. The molecule has 0 bridgehead atoms. The van der Waals surface area contributed by atoms with E-state index in [9.17, 15) is 4.39 Å². The molecule has 0 saturated heterocycles. The highest BCUT2D eigenvalue weighted by Gasteiger charge is 2.25. The van der Waals surface area contributed by atoms with E-state index in [2.05, 4.69) is 15.0 Å². The van der Waals surface area contributed by atoms with Crippen molar-refractivity contribution in [3.63, 3.8) is 0 Å². The third-order valence-corrected chi connectivity index (χ3v) is 5.79. The summed E-state index contributed by atoms with van der Waals surface area (Å²) in [7, 11) is 0. The molecule has 0 unspecified atom stereocenters. The Balaban J connectivity index is 1.30. The van der Waals surface area contributed by atoms with E-state index < -0.39 is 0 Å². The predicted molar refractivity (Wildman–Crippen MR) is 108 cm³/mol. The van der Waals surface area contributed by atoms with E-state index in [1.165, 1.54) is 11.6 Å². The number of imidazole rings is 1. The lowest BCUT2D eigenvalue weighted by molar-refractivity contribution is 0.136. The fourth-order valence-corrected chi connectivity index (χ4v) is 4.33. The van der Waals surface area contributed by atoms with Crippen LogP contribution in [0.1, 0.15) is 37.2 Å². The van der Waals surface area contributed by atoms with Crippen molar-refractivity contribution in [2.24, 2.45) is 0 Å². The minimum atomic E-state index is -0.219. The van der Waals surface area contributed by atoms with E-state index in [0.717, 1.165) is 47.6 Å². The maximum absolute atomic E-state index is 13.7. The monoisotopic (exact) mass is 395 g/mol. The van der Waals surface area contributed by atoms with Crippen LogP contribution in [0, 0.1) is 5.82 Å². The summed E-state index contributed by atoms with van der Waals surface area (Å²) in [5, 5.41) is 1.59. The molecule has 1 aliphatic carbocycles. The summed E-state index contributed by atoms with van der Waals surface area (Å²) in [6, 6.07) is 12.9. The molecule has 6 heteroatoms. The molecule has 0 spiro atoms. The van der Waals surface area contributed by atoms with Crippen LogP contribution in [0.3, 0.4) is 0 Å². The lowest BCUT2D eigenvalue weighted by atomic mass is 9.81. The second-order valence-corrected chi connectivity index (χ2v) is 7.79. The molecular weight excluding hydrogens is 377 g/mol. The van der Waals surface area contributed by atoms with Gasteiger partial charge in [0.05, 0.1) is 16.6 Å². The maximum atomic E-state index is 13.7. The average Bonchev–Trinajstić information content (AvgIpc) is 3.09. The first-order valence-electron chi connectivity index (χ1n) is 9.52. The van der Waals surface area contributed by atoms with Gasteiger partial charge in [-0.3, -0.25) is 4.98 Å². The first-order chi connectivity index (χ1) is 13.7. The molecule has 142 valence electrons. The Kier molecular flexibility index (Phi) is 4.40. The molecule has 0 radical (unpaired) electrons. The Morgan fingerprint density at radius 3 is 2.68 bits per heavy atom. The highest BCUT2D eigenvalue weighted by atomic mass is 35.5. The van der Waals surface area contributed by atoms with Gasteiger partial charge in [-0.25, -0.2) is 4.39 Å². The number of pyridine rings is 1. The zero-order valence-corrected chi connectivity index (χ0v) is 15.9. The summed E-state index contributed by atoms with van der Waals surface area (Å²) in [5.41, 5.74) is 3.75. The van der Waals surface area contributed by atoms with Crippen molar-refractivity contribution in [1.29, 1.82) is 0 Å². The van der Waals surface area contributed by atoms with Gasteiger partial charge in [0.2, 0.25) is 0 Å². The molecule has 2 aromatic heterocycles. The lowest BCUT2D eigenvalue weighted by Gasteiger charge is -2.29. The number of rotatable bonds is 3. The second kappa shape index (κ2) is 7.06. The molecule has 1 N–H and O–H groups in total. The molecule has 2 heterocycles. The van der Waals surface area contributed by atoms with Gasteiger partial charge in [0, 0.05) is 16.6 Å². The number of hydrogen-bond donors (Lipinski definition) is 1. The normalized spacial score (nSPS) is 19.9. The number of aromatic nitrogens is 3. The Hall–Kier alpha value is -2.66. The van der Waals surface area contributed by atoms with Crippen molar-refractivity contribution in [3.05, 3.63) is 65.1 Å². The Labute approximate surface area is 166 Å². The highest BCUT2D eigenvalue weighted by molar-refractivity contribution is 6.31. The average molecular weight is 396 g/mol. The summed E-state index contributed by atoms with van der Waals surface area (Å²) in [6.07, 6.45) is 5.79. The molecule has 0 amide bonds. The zero-order valence-electron chi connectivity index (χ0n) is 15.2. The Bertz CT molecular complexity index is 1150. The predicted octanol–water partition coefficient (Wildman–Crippen LogP) is 6.01. The number of nitrogens with zero attached hydrogens (tertiary/aromatic N) is 2. The van der Waals surface area contributed by atoms with Crippen LogP contribution in [-0.2, 0) is 0 Å². The summed E-state index contributed by atoms with van der Waals surface area (Å²) < 4.78 is 19.8. The van der Waals surface area contributed by atoms with E-state index in [1.807, 2.05) is 30.5 Å². The van der Waals surface area contributed by atoms with Gasteiger partial charge in [-0.05, 0) is 79.6 Å². The zero-order chi connectivity index (χ0) is 19.1. The van der Waals surface area contributed by atoms with Crippen molar-refractivity contribution in [2.75, 3.05) is 0 Å². The molecule has 5 rings (SSSR count). The third kappa shape index (κ3) is 3.31. The minimum absolute atomic E-state index is 0.122. The molecule has 0 atom stereocenters. The van der Waals surface area contributed by atoms with Crippen LogP contribution in [0.15, 0.2) is 48.7 Å². The van der Waals surface area contributed by atoms with Gasteiger partial charge in [0.15, 0.2) is 0 Å². The summed E-state index contributed by atoms with van der Waals surface area (Å²) in [4.78, 5) is 12.0. The maximum Gasteiger partial charge on any atom is 0.294 e. The number of fused-ring (bicyclic) bond motifs is 2. The Morgan fingerprint density at radius 2 is 1.82 bits per heavy atom. The molecule has 1 aliphatic rings. The number of hydrogen-bond acceptors (Lipinski definition) is 3. The van der Waals surface area contributed by atoms with E-state index in [0.29, 0.717) is 17.0 Å². The first-order valence-corrected chi connectivity index (χ1v) is 9.89. The van der Waals surface area contributed by atoms with Crippen molar-refractivity contribution >= 4 is 33.5 Å². The number of benzene rings is 2. The fourth-order valence-electron chi connectivity index (χ4n) is 4.16. The van der Waals surface area contributed by atoms with Crippen molar-refractivity contribution in [2.45, 2.75) is 37.7 Å². The van der Waals surface area contributed by atoms with Crippen LogP contribution in [0.5, 0.6) is 6.01 Å². The largest absolute Gasteiger partial charge is 0.461 e. The van der Waals surface area contributed by atoms with E-state index in [-0.39, 0.29) is 11.9 Å². The summed E-state index contributed by atoms with van der Waals surface area (Å²) in [5.74, 6) is 0.172. The fraction of sp³-hybridized carbons (Fsp3) is 0.273. The van der Waals surface area contributed by atoms with Crippen molar-refractivity contribution in [3.8, 4) is 6.01 Å². The van der Waals surface area contributed by atoms with Crippen LogP contribution in [0.2, 0.25) is 5.02 Å². The van der Waals surface area contributed by atoms with E-state index >= 15 is 0 Å². The van der Waals surface area contributed by atoms with Crippen LogP contribution in [0.25, 0.3) is 21.9 Å². The van der Waals surface area contributed by atoms with E-state index in [4.69, 9.17) is 16.3 Å². The van der Waals surface area contributed by atoms with Crippen LogP contribution >= 0.6 is 11.6 Å². The molecule has 4 aromatic rings. The van der Waals surface area contributed by atoms with Gasteiger partial charge >= 0.3 is 0 Å². The number of ether oxygens (including phenoxy) is 1. The topological polar surface area (TPSA) is 50.8 Å². The molecule has 0 aliphatic heterocycles. The second-order valence-electron chi connectivity index (χ2n) is 7.36. The van der Waals surface area contributed by atoms with Gasteiger partial charge in [-0.1, -0.05) is 11.6 Å². The molecular formula is C22H19ClFN3O. The van der Waals surface area contributed by atoms with Gasteiger partial charge in [0.1, 0.15) is 11.9 Å². The van der Waals surface area contributed by atoms with Crippen LogP contribution in [-0.4, -0.2) is 21.1 Å². The molecule has 4 nitrogen and oxygen atoms in total. The van der Waals surface area contributed by atoms with Gasteiger partial charge in [-0.2, -0.15) is 4.98 Å². The molecule has 2 aromatic carbocycles. The number of aromatic amines is 1. The summed E-state index contributed by atoms with van der Waals surface area (Å²) in [6.45, 7) is 0. The molecule has 1 saturated carbocycles. The number of halogens is 2. The molecule has 1 fully saturated rings. The van der Waals surface area contributed by atoms with Crippen molar-refractivity contribution < 1.29 is 9.13 Å². The number of H-pyrrole nitrogens is 1. The highest BCUT2D eigenvalue weighted by Crippen LogP contribution is 2.37.